The minimum Gasteiger partial charge on any atom is -0.293 e. The van der Waals surface area contributed by atoms with Gasteiger partial charge >= 0.3 is 0 Å². The Balaban J connectivity index is 2.65. The van der Waals surface area contributed by atoms with E-state index in [0.717, 1.165) is 4.70 Å². The second kappa shape index (κ2) is 4.15. The maximum Gasteiger partial charge on any atom is 0.176 e. The van der Waals surface area contributed by atoms with Crippen LogP contribution in [0.2, 0.25) is 5.02 Å². The van der Waals surface area contributed by atoms with E-state index < -0.39 is 0 Å². The van der Waals surface area contributed by atoms with Gasteiger partial charge in [-0.2, -0.15) is 0 Å². The molecule has 0 bridgehead atoms. The second-order valence-electron chi connectivity index (χ2n) is 3.90. The summed E-state index contributed by atoms with van der Waals surface area (Å²) in [5.41, 5.74) is 0. The predicted octanol–water partition coefficient (Wildman–Crippen LogP) is 4.53. The van der Waals surface area contributed by atoms with Crippen LogP contribution in [0.3, 0.4) is 0 Å². The first-order valence-electron chi connectivity index (χ1n) is 4.92. The lowest BCUT2D eigenvalue weighted by atomic mass is 10.1. The van der Waals surface area contributed by atoms with Crippen LogP contribution in [0.5, 0.6) is 0 Å². The summed E-state index contributed by atoms with van der Waals surface area (Å²) >= 11 is 7.41. The van der Waals surface area contributed by atoms with E-state index in [-0.39, 0.29) is 17.5 Å². The zero-order valence-electron chi connectivity index (χ0n) is 8.88. The van der Waals surface area contributed by atoms with Crippen LogP contribution in [0.1, 0.15) is 23.5 Å². The Morgan fingerprint density at radius 3 is 2.75 bits per heavy atom. The quantitative estimate of drug-likeness (QED) is 0.722. The summed E-state index contributed by atoms with van der Waals surface area (Å²) in [6.07, 6.45) is 0. The van der Waals surface area contributed by atoms with Crippen molar-refractivity contribution in [2.45, 2.75) is 13.8 Å². The molecular formula is C12H10ClFOS. The number of benzene rings is 1. The van der Waals surface area contributed by atoms with Crippen LogP contribution >= 0.6 is 22.9 Å². The number of carbonyl (C=O) groups is 1. The lowest BCUT2D eigenvalue weighted by Gasteiger charge is -2.00. The first-order valence-corrected chi connectivity index (χ1v) is 6.12. The highest BCUT2D eigenvalue weighted by atomic mass is 35.5. The van der Waals surface area contributed by atoms with Gasteiger partial charge in [-0.1, -0.05) is 25.4 Å². The molecule has 0 amide bonds. The fourth-order valence-electron chi connectivity index (χ4n) is 1.46. The molecule has 0 aliphatic heterocycles. The zero-order valence-corrected chi connectivity index (χ0v) is 10.5. The van der Waals surface area contributed by atoms with E-state index >= 15 is 0 Å². The number of halogens is 2. The summed E-state index contributed by atoms with van der Waals surface area (Å²) in [7, 11) is 0. The van der Waals surface area contributed by atoms with Crippen molar-refractivity contribution in [3.8, 4) is 0 Å². The molecule has 0 atom stereocenters. The third kappa shape index (κ3) is 1.85. The van der Waals surface area contributed by atoms with Gasteiger partial charge in [0.15, 0.2) is 5.78 Å². The standard InChI is InChI=1S/C12H10ClFOS/c1-6(2)11(15)12-10(13)8-5-7(14)3-4-9(8)16-12/h3-6H,1-2H3. The first kappa shape index (κ1) is 11.6. The zero-order chi connectivity index (χ0) is 11.9. The van der Waals surface area contributed by atoms with Gasteiger partial charge in [0.05, 0.1) is 9.90 Å². The minimum absolute atomic E-state index is 0.00612. The van der Waals surface area contributed by atoms with E-state index in [1.165, 1.54) is 23.5 Å². The molecule has 84 valence electrons. The Morgan fingerprint density at radius 1 is 1.44 bits per heavy atom. The highest BCUT2D eigenvalue weighted by molar-refractivity contribution is 7.21. The van der Waals surface area contributed by atoms with E-state index in [9.17, 15) is 9.18 Å². The number of hydrogen-bond acceptors (Lipinski definition) is 2. The summed E-state index contributed by atoms with van der Waals surface area (Å²) in [5.74, 6) is -0.433. The van der Waals surface area contributed by atoms with Crippen LogP contribution in [-0.4, -0.2) is 5.78 Å². The highest BCUT2D eigenvalue weighted by Crippen LogP contribution is 2.36. The van der Waals surface area contributed by atoms with Crippen LogP contribution in [0.25, 0.3) is 10.1 Å². The Hall–Kier alpha value is -0.930. The van der Waals surface area contributed by atoms with E-state index in [4.69, 9.17) is 11.6 Å². The normalized spacial score (nSPS) is 11.3. The molecule has 0 aliphatic carbocycles. The summed E-state index contributed by atoms with van der Waals surface area (Å²) < 4.78 is 13.9. The number of ketones is 1. The SMILES string of the molecule is CC(C)C(=O)c1sc2ccc(F)cc2c1Cl. The predicted molar refractivity (Wildman–Crippen MR) is 66.0 cm³/mol. The number of carbonyl (C=O) groups excluding carboxylic acids is 1. The van der Waals surface area contributed by atoms with Gasteiger partial charge in [0.25, 0.3) is 0 Å². The molecule has 0 radical (unpaired) electrons. The monoisotopic (exact) mass is 256 g/mol. The van der Waals surface area contributed by atoms with Crippen molar-refractivity contribution in [2.75, 3.05) is 0 Å². The van der Waals surface area contributed by atoms with Gasteiger partial charge in [-0.15, -0.1) is 11.3 Å². The largest absolute Gasteiger partial charge is 0.293 e. The van der Waals surface area contributed by atoms with Crippen molar-refractivity contribution in [2.24, 2.45) is 5.92 Å². The average Bonchev–Trinajstić information content (AvgIpc) is 2.55. The van der Waals surface area contributed by atoms with Gasteiger partial charge in [0.1, 0.15) is 5.82 Å². The molecule has 0 N–H and O–H groups in total. The third-order valence-corrected chi connectivity index (χ3v) is 4.03. The summed E-state index contributed by atoms with van der Waals surface area (Å²) in [5, 5.41) is 0.994. The van der Waals surface area contributed by atoms with Crippen molar-refractivity contribution in [1.82, 2.24) is 0 Å². The Bertz CT molecular complexity index is 559. The second-order valence-corrected chi connectivity index (χ2v) is 5.33. The van der Waals surface area contributed by atoms with Crippen LogP contribution in [0, 0.1) is 11.7 Å². The van der Waals surface area contributed by atoms with Crippen LogP contribution < -0.4 is 0 Å². The molecular weight excluding hydrogens is 247 g/mol. The highest BCUT2D eigenvalue weighted by Gasteiger charge is 2.19. The fourth-order valence-corrected chi connectivity index (χ4v) is 3.04. The number of rotatable bonds is 2. The first-order chi connectivity index (χ1) is 7.50. The van der Waals surface area contributed by atoms with Gasteiger partial charge in [-0.05, 0) is 18.2 Å². The fraction of sp³-hybridized carbons (Fsp3) is 0.250. The molecule has 0 saturated heterocycles. The number of fused-ring (bicyclic) bond motifs is 1. The lowest BCUT2D eigenvalue weighted by Crippen LogP contribution is -2.05. The van der Waals surface area contributed by atoms with E-state index in [1.54, 1.807) is 6.07 Å². The molecule has 1 aromatic carbocycles. The van der Waals surface area contributed by atoms with Gasteiger partial charge in [-0.25, -0.2) is 4.39 Å². The lowest BCUT2D eigenvalue weighted by molar-refractivity contribution is 0.0943. The molecule has 16 heavy (non-hydrogen) atoms. The molecule has 0 saturated carbocycles. The maximum atomic E-state index is 13.0. The van der Waals surface area contributed by atoms with Crippen molar-refractivity contribution >= 4 is 38.8 Å². The molecule has 4 heteroatoms. The topological polar surface area (TPSA) is 17.1 Å². The van der Waals surface area contributed by atoms with Crippen molar-refractivity contribution in [3.05, 3.63) is 33.9 Å². The molecule has 0 spiro atoms. The summed E-state index contributed by atoms with van der Waals surface area (Å²) in [6, 6.07) is 4.39. The molecule has 0 aliphatic rings. The van der Waals surface area contributed by atoms with E-state index in [0.29, 0.717) is 15.3 Å². The third-order valence-electron chi connectivity index (χ3n) is 2.34. The van der Waals surface area contributed by atoms with Gasteiger partial charge in [0, 0.05) is 16.0 Å². The molecule has 0 unspecified atom stereocenters. The molecule has 1 aromatic heterocycles. The molecule has 2 aromatic rings. The Labute approximate surface area is 102 Å². The molecule has 0 fully saturated rings. The van der Waals surface area contributed by atoms with Gasteiger partial charge in [-0.3, -0.25) is 4.79 Å². The van der Waals surface area contributed by atoms with Crippen LogP contribution in [0.15, 0.2) is 18.2 Å². The van der Waals surface area contributed by atoms with Crippen LogP contribution in [0.4, 0.5) is 4.39 Å². The smallest absolute Gasteiger partial charge is 0.176 e. The summed E-state index contributed by atoms with van der Waals surface area (Å²) in [6.45, 7) is 3.65. The molecule has 1 nitrogen and oxygen atoms in total. The number of Topliss-reactive ketones (excluding diaryl/α,β-unsaturated/α-hetero) is 1. The van der Waals surface area contributed by atoms with E-state index in [1.807, 2.05) is 13.8 Å². The van der Waals surface area contributed by atoms with Crippen molar-refractivity contribution in [3.63, 3.8) is 0 Å². The maximum absolute atomic E-state index is 13.0. The van der Waals surface area contributed by atoms with Gasteiger partial charge < -0.3 is 0 Å². The van der Waals surface area contributed by atoms with Crippen molar-refractivity contribution in [1.29, 1.82) is 0 Å². The Kier molecular flexibility index (Phi) is 3.00. The number of hydrogen-bond donors (Lipinski definition) is 0. The minimum atomic E-state index is -0.337. The number of thiophene rings is 1. The molecule has 1 heterocycles. The van der Waals surface area contributed by atoms with Crippen LogP contribution in [-0.2, 0) is 0 Å². The van der Waals surface area contributed by atoms with Gasteiger partial charge in [0.2, 0.25) is 0 Å². The average molecular weight is 257 g/mol. The Morgan fingerprint density at radius 2 is 2.12 bits per heavy atom. The molecule has 2 rings (SSSR count). The van der Waals surface area contributed by atoms with Crippen molar-refractivity contribution < 1.29 is 9.18 Å². The summed E-state index contributed by atoms with van der Waals surface area (Å²) in [4.78, 5) is 12.4. The van der Waals surface area contributed by atoms with E-state index in [2.05, 4.69) is 0 Å².